The van der Waals surface area contributed by atoms with E-state index in [0.29, 0.717) is 10.6 Å². The maximum absolute atomic E-state index is 10.8. The van der Waals surface area contributed by atoms with E-state index in [-0.39, 0.29) is 0 Å². The van der Waals surface area contributed by atoms with Gasteiger partial charge in [0.25, 0.3) is 0 Å². The molecule has 1 rings (SSSR count). The number of carbonyl (C=O) groups is 1. The molecule has 0 saturated heterocycles. The average molecular weight is 197 g/mol. The van der Waals surface area contributed by atoms with Gasteiger partial charge in [-0.05, 0) is 25.6 Å². The van der Waals surface area contributed by atoms with Crippen LogP contribution in [0.5, 0.6) is 0 Å². The van der Waals surface area contributed by atoms with Gasteiger partial charge in [-0.15, -0.1) is 0 Å². The second kappa shape index (κ2) is 3.90. The molecule has 0 heterocycles. The quantitative estimate of drug-likeness (QED) is 0.747. The monoisotopic (exact) mass is 196 g/mol. The van der Waals surface area contributed by atoms with Gasteiger partial charge in [0.2, 0.25) is 0 Å². The van der Waals surface area contributed by atoms with Crippen LogP contribution in [0.25, 0.3) is 0 Å². The lowest BCUT2D eigenvalue weighted by Gasteiger charge is -2.23. The first-order valence-electron chi connectivity index (χ1n) is 3.89. The highest BCUT2D eigenvalue weighted by molar-refractivity contribution is 6.31. The molecule has 13 heavy (non-hydrogen) atoms. The van der Waals surface area contributed by atoms with Crippen LogP contribution in [0.2, 0.25) is 5.02 Å². The predicted octanol–water partition coefficient (Wildman–Crippen LogP) is 1.79. The molecule has 1 radical (unpaired) electrons. The summed E-state index contributed by atoms with van der Waals surface area (Å²) in [6.07, 6.45) is 0.744. The third kappa shape index (κ3) is 1.90. The molecule has 0 bridgehead atoms. The Morgan fingerprint density at radius 2 is 2.15 bits per heavy atom. The maximum atomic E-state index is 10.8. The molecule has 1 N–H and O–H groups in total. The van der Waals surface area contributed by atoms with Gasteiger partial charge in [0.1, 0.15) is 11.8 Å². The van der Waals surface area contributed by atoms with E-state index in [2.05, 4.69) is 12.2 Å². The molecule has 0 spiro atoms. The summed E-state index contributed by atoms with van der Waals surface area (Å²) in [5.74, 6) is 0. The number of nitrogens with one attached hydrogen (secondary N) is 1. The number of carbonyl (C=O) groups excluding carboxylic acids is 1. The van der Waals surface area contributed by atoms with E-state index < -0.39 is 5.54 Å². The minimum absolute atomic E-state index is 0.541. The molecule has 1 aromatic rings. The van der Waals surface area contributed by atoms with Gasteiger partial charge >= 0.3 is 0 Å². The van der Waals surface area contributed by atoms with E-state index in [4.69, 9.17) is 11.6 Å². The van der Waals surface area contributed by atoms with Gasteiger partial charge in [0.05, 0.1) is 0 Å². The van der Waals surface area contributed by atoms with Crippen molar-refractivity contribution in [3.05, 3.63) is 41.8 Å². The van der Waals surface area contributed by atoms with Crippen LogP contribution in [0, 0.1) is 6.92 Å². The first-order chi connectivity index (χ1) is 6.14. The second-order valence-corrected chi connectivity index (χ2v) is 3.23. The van der Waals surface area contributed by atoms with Crippen molar-refractivity contribution < 1.29 is 4.79 Å². The predicted molar refractivity (Wildman–Crippen MR) is 53.6 cm³/mol. The number of benzene rings is 1. The first kappa shape index (κ1) is 10.2. The van der Waals surface area contributed by atoms with Crippen molar-refractivity contribution in [3.63, 3.8) is 0 Å². The Bertz CT molecular complexity index is 314. The first-order valence-corrected chi connectivity index (χ1v) is 4.27. The highest BCUT2D eigenvalue weighted by Crippen LogP contribution is 2.25. The van der Waals surface area contributed by atoms with Gasteiger partial charge in [0.15, 0.2) is 0 Å². The van der Waals surface area contributed by atoms with Crippen LogP contribution in [0.1, 0.15) is 5.56 Å². The van der Waals surface area contributed by atoms with Crippen LogP contribution in [-0.2, 0) is 10.3 Å². The van der Waals surface area contributed by atoms with E-state index in [9.17, 15) is 4.79 Å². The lowest BCUT2D eigenvalue weighted by atomic mass is 9.94. The number of hydrogen-bond acceptors (Lipinski definition) is 2. The average Bonchev–Trinajstić information content (AvgIpc) is 2.17. The smallest absolute Gasteiger partial charge is 0.144 e. The number of aldehydes is 1. The van der Waals surface area contributed by atoms with Gasteiger partial charge in [-0.3, -0.25) is 0 Å². The van der Waals surface area contributed by atoms with Crippen LogP contribution in [-0.4, -0.2) is 13.3 Å². The Balaban J connectivity index is 3.19. The van der Waals surface area contributed by atoms with Crippen LogP contribution in [0.3, 0.4) is 0 Å². The zero-order valence-electron chi connectivity index (χ0n) is 7.38. The third-order valence-electron chi connectivity index (χ3n) is 2.00. The molecule has 1 aromatic carbocycles. The molecule has 0 aliphatic heterocycles. The largest absolute Gasteiger partial charge is 0.305 e. The Morgan fingerprint density at radius 3 is 2.62 bits per heavy atom. The normalized spacial score (nSPS) is 15.0. The van der Waals surface area contributed by atoms with Crippen molar-refractivity contribution in [2.75, 3.05) is 7.05 Å². The van der Waals surface area contributed by atoms with Crippen molar-refractivity contribution in [2.24, 2.45) is 0 Å². The standard InChI is InChI=1S/C10H11ClNO/c1-10(7-13,12-2)8-5-3-4-6-9(8)11/h3-7,12H,1H2,2H3/t10-/m0/s1. The molecule has 0 fully saturated rings. The van der Waals surface area contributed by atoms with Crippen molar-refractivity contribution in [3.8, 4) is 0 Å². The van der Waals surface area contributed by atoms with Crippen LogP contribution in [0.4, 0.5) is 0 Å². The molecular weight excluding hydrogens is 186 g/mol. The topological polar surface area (TPSA) is 29.1 Å². The summed E-state index contributed by atoms with van der Waals surface area (Å²) in [6, 6.07) is 7.15. The molecule has 0 unspecified atom stereocenters. The minimum atomic E-state index is -0.946. The van der Waals surface area contributed by atoms with E-state index in [1.54, 1.807) is 19.2 Å². The minimum Gasteiger partial charge on any atom is -0.305 e. The van der Waals surface area contributed by atoms with E-state index >= 15 is 0 Å². The van der Waals surface area contributed by atoms with Crippen LogP contribution in [0.15, 0.2) is 24.3 Å². The molecule has 0 amide bonds. The summed E-state index contributed by atoms with van der Waals surface area (Å²) < 4.78 is 0. The summed E-state index contributed by atoms with van der Waals surface area (Å²) >= 11 is 5.93. The Morgan fingerprint density at radius 1 is 1.54 bits per heavy atom. The summed E-state index contributed by atoms with van der Waals surface area (Å²) in [5, 5.41) is 3.36. The SMILES string of the molecule is [CH2][C@@](C=O)(NC)c1ccccc1Cl. The molecule has 0 aliphatic carbocycles. The fourth-order valence-corrected chi connectivity index (χ4v) is 1.38. The highest BCUT2D eigenvalue weighted by atomic mass is 35.5. The molecule has 0 saturated carbocycles. The van der Waals surface area contributed by atoms with Crippen molar-refractivity contribution in [2.45, 2.75) is 5.54 Å². The van der Waals surface area contributed by atoms with Gasteiger partial charge < -0.3 is 10.1 Å². The zero-order chi connectivity index (χ0) is 9.90. The van der Waals surface area contributed by atoms with Gasteiger partial charge in [0, 0.05) is 5.02 Å². The lowest BCUT2D eigenvalue weighted by molar-refractivity contribution is -0.112. The molecule has 3 heteroatoms. The Kier molecular flexibility index (Phi) is 3.07. The summed E-state index contributed by atoms with van der Waals surface area (Å²) in [6.45, 7) is 3.77. The number of halogens is 1. The second-order valence-electron chi connectivity index (χ2n) is 2.82. The van der Waals surface area contributed by atoms with Crippen molar-refractivity contribution >= 4 is 17.9 Å². The highest BCUT2D eigenvalue weighted by Gasteiger charge is 2.25. The van der Waals surface area contributed by atoms with Gasteiger partial charge in [-0.2, -0.15) is 0 Å². The lowest BCUT2D eigenvalue weighted by Crippen LogP contribution is -2.38. The summed E-state index contributed by atoms with van der Waals surface area (Å²) in [4.78, 5) is 10.8. The maximum Gasteiger partial charge on any atom is 0.144 e. The molecule has 2 nitrogen and oxygen atoms in total. The van der Waals surface area contributed by atoms with E-state index in [1.807, 2.05) is 12.1 Å². The molecular formula is C10H11ClNO. The number of likely N-dealkylation sites (N-methyl/N-ethyl adjacent to an activating group) is 1. The Hall–Kier alpha value is -0.860. The van der Waals surface area contributed by atoms with E-state index in [0.717, 1.165) is 6.29 Å². The number of hydrogen-bond donors (Lipinski definition) is 1. The Labute approximate surface area is 82.9 Å². The molecule has 1 atom stereocenters. The third-order valence-corrected chi connectivity index (χ3v) is 2.33. The van der Waals surface area contributed by atoms with Gasteiger partial charge in [-0.25, -0.2) is 0 Å². The van der Waals surface area contributed by atoms with Gasteiger partial charge in [-0.1, -0.05) is 29.8 Å². The summed E-state index contributed by atoms with van der Waals surface area (Å²) in [5.41, 5.74) is -0.257. The van der Waals surface area contributed by atoms with Crippen molar-refractivity contribution in [1.29, 1.82) is 0 Å². The summed E-state index contributed by atoms with van der Waals surface area (Å²) in [7, 11) is 1.67. The van der Waals surface area contributed by atoms with Crippen LogP contribution >= 0.6 is 11.6 Å². The zero-order valence-corrected chi connectivity index (χ0v) is 8.14. The molecule has 69 valence electrons. The molecule has 0 aromatic heterocycles. The molecule has 0 aliphatic rings. The number of rotatable bonds is 3. The van der Waals surface area contributed by atoms with E-state index in [1.165, 1.54) is 0 Å². The fraction of sp³-hybridized carbons (Fsp3) is 0.200. The van der Waals surface area contributed by atoms with Crippen LogP contribution < -0.4 is 5.32 Å². The van der Waals surface area contributed by atoms with Crippen molar-refractivity contribution in [1.82, 2.24) is 5.32 Å². The fourth-order valence-electron chi connectivity index (χ4n) is 1.08.